The Morgan fingerprint density at radius 3 is 2.28 bits per heavy atom. The van der Waals surface area contributed by atoms with Crippen molar-refractivity contribution in [2.75, 3.05) is 20.3 Å². The molecular weight excluding hydrogens is 444 g/mol. The number of aliphatic hydroxyl groups excluding tert-OH is 4. The molecule has 5 atom stereocenters. The van der Waals surface area contributed by atoms with E-state index in [-0.39, 0.29) is 21.7 Å². The summed E-state index contributed by atoms with van der Waals surface area (Å²) in [6.45, 7) is 1.62. The van der Waals surface area contributed by atoms with Crippen LogP contribution in [0.2, 0.25) is 5.02 Å². The van der Waals surface area contributed by atoms with Crippen LogP contribution in [0.5, 0.6) is 5.75 Å². The van der Waals surface area contributed by atoms with Crippen LogP contribution < -0.4 is 4.74 Å². The Labute approximate surface area is 190 Å². The molecule has 0 aromatic heterocycles. The second kappa shape index (κ2) is 9.60. The average molecular weight is 471 g/mol. The van der Waals surface area contributed by atoms with Crippen molar-refractivity contribution in [3.63, 3.8) is 0 Å². The Morgan fingerprint density at radius 1 is 1.06 bits per heavy atom. The van der Waals surface area contributed by atoms with Crippen LogP contribution in [0.1, 0.15) is 23.6 Å². The lowest BCUT2D eigenvalue weighted by atomic mass is 9.86. The Kier molecular flexibility index (Phi) is 7.45. The molecule has 0 amide bonds. The van der Waals surface area contributed by atoms with Crippen LogP contribution in [0.3, 0.4) is 0 Å². The van der Waals surface area contributed by atoms with E-state index in [1.807, 2.05) is 6.92 Å². The minimum absolute atomic E-state index is 0.00322. The number of methoxy groups -OCH3 is 1. The third-order valence-electron chi connectivity index (χ3n) is 5.57. The van der Waals surface area contributed by atoms with Crippen LogP contribution in [0, 0.1) is 0 Å². The number of hydrogen-bond acceptors (Lipinski definition) is 9. The van der Waals surface area contributed by atoms with Crippen LogP contribution in [0.15, 0.2) is 42.5 Å². The highest BCUT2D eigenvalue weighted by Gasteiger charge is 2.55. The highest BCUT2D eigenvalue weighted by atomic mass is 35.5. The fourth-order valence-corrected chi connectivity index (χ4v) is 4.03. The molecule has 0 bridgehead atoms. The molecule has 9 nitrogen and oxygen atoms in total. The third kappa shape index (κ3) is 4.24. The molecule has 2 aromatic rings. The second-order valence-electron chi connectivity index (χ2n) is 7.46. The number of aliphatic hydroxyl groups is 6. The predicted octanol–water partition coefficient (Wildman–Crippen LogP) is 0.197. The monoisotopic (exact) mass is 470 g/mol. The van der Waals surface area contributed by atoms with E-state index in [0.717, 1.165) is 0 Å². The predicted molar refractivity (Wildman–Crippen MR) is 113 cm³/mol. The standard InChI is InChI=1S/C22H27ClO9/c1-3-31-14-7-4-12(5-8-14)21(28,29)15-10-13(6-9-16(15)23)22(30-2)20(27)19(26)18(25)17(11-24)32-22/h4-10,17-20,24-29H,3,11H2,1-2H3. The topological polar surface area (TPSA) is 149 Å². The SMILES string of the molecule is CCOc1ccc(C(O)(O)c2cc(C3(OC)OC(CO)C(O)C(O)C3O)ccc2Cl)cc1. The van der Waals surface area contributed by atoms with Gasteiger partial charge in [-0.25, -0.2) is 0 Å². The summed E-state index contributed by atoms with van der Waals surface area (Å²) >= 11 is 6.27. The summed E-state index contributed by atoms with van der Waals surface area (Å²) < 4.78 is 16.4. The van der Waals surface area contributed by atoms with Crippen LogP contribution in [0.4, 0.5) is 0 Å². The summed E-state index contributed by atoms with van der Waals surface area (Å²) in [6.07, 6.45) is -6.31. The van der Waals surface area contributed by atoms with Crippen molar-refractivity contribution in [1.29, 1.82) is 0 Å². The molecule has 0 radical (unpaired) electrons. The van der Waals surface area contributed by atoms with Gasteiger partial charge >= 0.3 is 0 Å². The smallest absolute Gasteiger partial charge is 0.224 e. The number of benzene rings is 2. The van der Waals surface area contributed by atoms with Crippen molar-refractivity contribution < 1.29 is 44.8 Å². The lowest BCUT2D eigenvalue weighted by Crippen LogP contribution is -2.64. The number of ether oxygens (including phenoxy) is 3. The summed E-state index contributed by atoms with van der Waals surface area (Å²) in [4.78, 5) is 0. The van der Waals surface area contributed by atoms with Crippen molar-refractivity contribution in [2.45, 2.75) is 42.9 Å². The summed E-state index contributed by atoms with van der Waals surface area (Å²) in [6, 6.07) is 10.1. The van der Waals surface area contributed by atoms with Crippen molar-refractivity contribution >= 4 is 11.6 Å². The summed E-state index contributed by atoms with van der Waals surface area (Å²) in [7, 11) is 1.20. The van der Waals surface area contributed by atoms with Gasteiger partial charge < -0.3 is 44.8 Å². The zero-order valence-electron chi connectivity index (χ0n) is 17.6. The minimum Gasteiger partial charge on any atom is -0.494 e. The molecule has 0 saturated carbocycles. The van der Waals surface area contributed by atoms with Crippen molar-refractivity contribution in [3.05, 3.63) is 64.2 Å². The molecule has 0 spiro atoms. The summed E-state index contributed by atoms with van der Waals surface area (Å²) in [5.74, 6) is -4.02. The summed E-state index contributed by atoms with van der Waals surface area (Å²) in [5.41, 5.74) is 0.0317. The zero-order valence-corrected chi connectivity index (χ0v) is 18.3. The van der Waals surface area contributed by atoms with Gasteiger partial charge in [-0.1, -0.05) is 17.7 Å². The molecule has 176 valence electrons. The Bertz CT molecular complexity index is 918. The Balaban J connectivity index is 2.07. The van der Waals surface area contributed by atoms with E-state index in [2.05, 4.69) is 0 Å². The van der Waals surface area contributed by atoms with Crippen molar-refractivity contribution in [2.24, 2.45) is 0 Å². The lowest BCUT2D eigenvalue weighted by molar-refractivity contribution is -0.366. The van der Waals surface area contributed by atoms with Gasteiger partial charge in [-0.2, -0.15) is 0 Å². The van der Waals surface area contributed by atoms with Gasteiger partial charge in [0, 0.05) is 28.8 Å². The molecule has 2 aromatic carbocycles. The van der Waals surface area contributed by atoms with E-state index >= 15 is 0 Å². The fraction of sp³-hybridized carbons (Fsp3) is 0.455. The molecule has 1 fully saturated rings. The van der Waals surface area contributed by atoms with Gasteiger partial charge in [0.2, 0.25) is 11.6 Å². The van der Waals surface area contributed by atoms with Crippen molar-refractivity contribution in [1.82, 2.24) is 0 Å². The second-order valence-corrected chi connectivity index (χ2v) is 7.87. The minimum atomic E-state index is -2.54. The molecule has 5 unspecified atom stereocenters. The molecular formula is C22H27ClO9. The van der Waals surface area contributed by atoms with Gasteiger partial charge in [-0.05, 0) is 43.3 Å². The molecule has 1 aliphatic rings. The normalized spacial score (nSPS) is 28.5. The highest BCUT2D eigenvalue weighted by molar-refractivity contribution is 6.31. The number of hydrogen-bond donors (Lipinski definition) is 6. The molecule has 32 heavy (non-hydrogen) atoms. The summed E-state index contributed by atoms with van der Waals surface area (Å²) in [5, 5.41) is 62.5. The maximum absolute atomic E-state index is 11.0. The first-order chi connectivity index (χ1) is 15.1. The molecule has 0 aliphatic carbocycles. The third-order valence-corrected chi connectivity index (χ3v) is 5.90. The lowest BCUT2D eigenvalue weighted by Gasteiger charge is -2.47. The van der Waals surface area contributed by atoms with Gasteiger partial charge in [0.1, 0.15) is 30.2 Å². The van der Waals surface area contributed by atoms with Gasteiger partial charge in [0.15, 0.2) is 0 Å². The van der Waals surface area contributed by atoms with E-state index < -0.39 is 42.6 Å². The maximum Gasteiger partial charge on any atom is 0.224 e. The molecule has 3 rings (SSSR count). The average Bonchev–Trinajstić information content (AvgIpc) is 2.79. The van der Waals surface area contributed by atoms with Gasteiger partial charge in [-0.3, -0.25) is 0 Å². The molecule has 6 N–H and O–H groups in total. The zero-order chi connectivity index (χ0) is 23.7. The van der Waals surface area contributed by atoms with Crippen molar-refractivity contribution in [3.8, 4) is 5.75 Å². The van der Waals surface area contributed by atoms with E-state index in [0.29, 0.717) is 12.4 Å². The highest BCUT2D eigenvalue weighted by Crippen LogP contribution is 2.42. The van der Waals surface area contributed by atoms with E-state index in [9.17, 15) is 30.6 Å². The van der Waals surface area contributed by atoms with E-state index in [1.165, 1.54) is 37.4 Å². The first kappa shape index (κ1) is 24.8. The van der Waals surface area contributed by atoms with Crippen LogP contribution >= 0.6 is 11.6 Å². The van der Waals surface area contributed by atoms with Crippen LogP contribution in [-0.2, 0) is 21.0 Å². The fourth-order valence-electron chi connectivity index (χ4n) is 3.78. The largest absolute Gasteiger partial charge is 0.494 e. The van der Waals surface area contributed by atoms with Gasteiger partial charge in [-0.15, -0.1) is 0 Å². The van der Waals surface area contributed by atoms with Gasteiger partial charge in [0.05, 0.1) is 13.2 Å². The maximum atomic E-state index is 11.0. The first-order valence-corrected chi connectivity index (χ1v) is 10.4. The van der Waals surface area contributed by atoms with E-state index in [1.54, 1.807) is 12.1 Å². The first-order valence-electron chi connectivity index (χ1n) is 9.99. The van der Waals surface area contributed by atoms with E-state index in [4.69, 9.17) is 25.8 Å². The molecule has 1 heterocycles. The molecule has 1 aliphatic heterocycles. The van der Waals surface area contributed by atoms with Crippen LogP contribution in [0.25, 0.3) is 0 Å². The number of halogens is 1. The Hall–Kier alpha value is -1.79. The van der Waals surface area contributed by atoms with Crippen LogP contribution in [-0.4, -0.2) is 75.4 Å². The molecule has 10 heteroatoms. The molecule has 1 saturated heterocycles. The quantitative estimate of drug-likeness (QED) is 0.312. The Morgan fingerprint density at radius 2 is 1.72 bits per heavy atom. The number of rotatable bonds is 7. The van der Waals surface area contributed by atoms with Gasteiger partial charge in [0.25, 0.3) is 0 Å².